The molecule has 1 unspecified atom stereocenters. The van der Waals surface area contributed by atoms with Crippen molar-refractivity contribution in [1.82, 2.24) is 25.8 Å². The number of esters is 1. The van der Waals surface area contributed by atoms with Crippen molar-refractivity contribution in [1.29, 1.82) is 0 Å². The Kier molecular flexibility index (Phi) is 7.56. The topological polar surface area (TPSA) is 127 Å². The van der Waals surface area contributed by atoms with E-state index >= 15 is 0 Å². The van der Waals surface area contributed by atoms with Gasteiger partial charge in [0.25, 0.3) is 0 Å². The molecule has 182 valence electrons. The fourth-order valence-electron chi connectivity index (χ4n) is 3.55. The van der Waals surface area contributed by atoms with Crippen molar-refractivity contribution >= 4 is 23.8 Å². The van der Waals surface area contributed by atoms with Crippen molar-refractivity contribution in [3.8, 4) is 22.9 Å². The van der Waals surface area contributed by atoms with Crippen LogP contribution in [0.2, 0.25) is 0 Å². The first-order valence-electron chi connectivity index (χ1n) is 10.8. The van der Waals surface area contributed by atoms with Crippen molar-refractivity contribution in [2.75, 3.05) is 26.6 Å². The second-order valence-electron chi connectivity index (χ2n) is 7.40. The third kappa shape index (κ3) is 5.57. The van der Waals surface area contributed by atoms with Gasteiger partial charge in [0.05, 0.1) is 32.4 Å². The van der Waals surface area contributed by atoms with Crippen LogP contribution in [0.15, 0.2) is 65.0 Å². The van der Waals surface area contributed by atoms with Crippen LogP contribution in [0.1, 0.15) is 18.5 Å². The highest BCUT2D eigenvalue weighted by Crippen LogP contribution is 2.31. The van der Waals surface area contributed by atoms with E-state index in [4.69, 9.17) is 14.2 Å². The smallest absolute Gasteiger partial charge is 0.338 e. The molecule has 1 aliphatic rings. The number of thioether (sulfide) groups is 1. The van der Waals surface area contributed by atoms with E-state index in [9.17, 15) is 9.59 Å². The van der Waals surface area contributed by atoms with Crippen LogP contribution in [-0.4, -0.2) is 53.8 Å². The van der Waals surface area contributed by atoms with Crippen molar-refractivity contribution < 1.29 is 23.8 Å². The third-order valence-electron chi connectivity index (χ3n) is 5.27. The highest BCUT2D eigenvalue weighted by Gasteiger charge is 2.33. The Labute approximate surface area is 206 Å². The van der Waals surface area contributed by atoms with Gasteiger partial charge in [-0.25, -0.2) is 14.6 Å². The molecule has 2 heterocycles. The van der Waals surface area contributed by atoms with E-state index in [1.807, 2.05) is 24.3 Å². The molecule has 0 spiro atoms. The number of benzene rings is 2. The summed E-state index contributed by atoms with van der Waals surface area (Å²) >= 11 is 1.29. The number of H-pyrrole nitrogens is 1. The van der Waals surface area contributed by atoms with Gasteiger partial charge in [-0.2, -0.15) is 0 Å². The number of ether oxygens (including phenoxy) is 3. The predicted molar refractivity (Wildman–Crippen MR) is 130 cm³/mol. The zero-order valence-corrected chi connectivity index (χ0v) is 20.3. The summed E-state index contributed by atoms with van der Waals surface area (Å²) < 4.78 is 15.7. The average molecular weight is 496 g/mol. The Morgan fingerprint density at radius 1 is 1.03 bits per heavy atom. The maximum atomic E-state index is 12.9. The van der Waals surface area contributed by atoms with Gasteiger partial charge < -0.3 is 24.8 Å². The van der Waals surface area contributed by atoms with E-state index in [1.165, 1.54) is 11.8 Å². The molecule has 3 N–H and O–H groups in total. The van der Waals surface area contributed by atoms with Gasteiger partial charge in [-0.05, 0) is 48.9 Å². The van der Waals surface area contributed by atoms with Gasteiger partial charge in [0.15, 0.2) is 5.82 Å². The normalized spacial score (nSPS) is 15.3. The molecule has 35 heavy (non-hydrogen) atoms. The van der Waals surface area contributed by atoms with Crippen LogP contribution in [-0.2, 0) is 9.53 Å². The molecule has 0 saturated carbocycles. The quantitative estimate of drug-likeness (QED) is 0.304. The number of methoxy groups -OCH3 is 2. The maximum absolute atomic E-state index is 12.9. The Bertz CT molecular complexity index is 1220. The van der Waals surface area contributed by atoms with Crippen LogP contribution in [0.25, 0.3) is 11.4 Å². The van der Waals surface area contributed by atoms with E-state index < -0.39 is 18.0 Å². The van der Waals surface area contributed by atoms with E-state index in [-0.39, 0.29) is 12.4 Å². The number of aromatic nitrogens is 3. The fourth-order valence-corrected chi connectivity index (χ4v) is 4.32. The summed E-state index contributed by atoms with van der Waals surface area (Å²) in [5.74, 6) is 1.76. The number of carbonyl (C=O) groups is 2. The minimum atomic E-state index is -0.675. The predicted octanol–water partition coefficient (Wildman–Crippen LogP) is 3.45. The first-order chi connectivity index (χ1) is 17.0. The number of nitrogens with one attached hydrogen (secondary N) is 3. The summed E-state index contributed by atoms with van der Waals surface area (Å²) in [5.41, 5.74) is 2.35. The maximum Gasteiger partial charge on any atom is 0.338 e. The number of amides is 2. The fraction of sp³-hybridized carbons (Fsp3) is 0.250. The van der Waals surface area contributed by atoms with Crippen LogP contribution in [0.5, 0.6) is 11.5 Å². The van der Waals surface area contributed by atoms with E-state index in [2.05, 4.69) is 25.8 Å². The van der Waals surface area contributed by atoms with E-state index in [1.54, 1.807) is 45.4 Å². The second-order valence-corrected chi connectivity index (χ2v) is 8.34. The molecule has 11 heteroatoms. The summed E-state index contributed by atoms with van der Waals surface area (Å²) in [4.78, 5) is 29.9. The molecule has 2 aromatic carbocycles. The lowest BCUT2D eigenvalue weighted by atomic mass is 9.95. The average Bonchev–Trinajstić information content (AvgIpc) is 3.36. The minimum Gasteiger partial charge on any atom is -0.497 e. The zero-order chi connectivity index (χ0) is 24.8. The number of carbonyl (C=O) groups excluding carboxylic acids is 2. The molecule has 0 aliphatic carbocycles. The van der Waals surface area contributed by atoms with Gasteiger partial charge in [0.2, 0.25) is 5.16 Å². The molecule has 0 bridgehead atoms. The largest absolute Gasteiger partial charge is 0.497 e. The molecular formula is C24H25N5O5S. The number of rotatable bonds is 9. The Hall–Kier alpha value is -3.99. The van der Waals surface area contributed by atoms with Crippen LogP contribution in [0.3, 0.4) is 0 Å². The van der Waals surface area contributed by atoms with Crippen molar-refractivity contribution in [3.63, 3.8) is 0 Å². The van der Waals surface area contributed by atoms with Crippen LogP contribution in [0, 0.1) is 0 Å². The molecule has 0 saturated heterocycles. The highest BCUT2D eigenvalue weighted by atomic mass is 32.2. The van der Waals surface area contributed by atoms with Gasteiger partial charge in [-0.1, -0.05) is 23.9 Å². The monoisotopic (exact) mass is 495 g/mol. The molecule has 3 aromatic rings. The number of urea groups is 1. The first kappa shape index (κ1) is 24.1. The summed E-state index contributed by atoms with van der Waals surface area (Å²) in [6.45, 7) is 1.94. The van der Waals surface area contributed by atoms with Gasteiger partial charge in [0, 0.05) is 17.0 Å². The van der Waals surface area contributed by atoms with Gasteiger partial charge in [0.1, 0.15) is 11.5 Å². The summed E-state index contributed by atoms with van der Waals surface area (Å²) in [7, 11) is 3.18. The second kappa shape index (κ2) is 11.0. The SMILES string of the molecule is CCOC(=O)C1=C(CSc2n[nH]c(-c3ccc(OC)cc3)n2)NC(=O)NC1c1ccc(OC)cc1. The number of hydrogen-bond acceptors (Lipinski definition) is 8. The van der Waals surface area contributed by atoms with Crippen molar-refractivity contribution in [2.24, 2.45) is 0 Å². The Balaban J connectivity index is 1.59. The third-order valence-corrected chi connectivity index (χ3v) is 6.15. The molecule has 1 aromatic heterocycles. The zero-order valence-electron chi connectivity index (χ0n) is 19.5. The van der Waals surface area contributed by atoms with Crippen molar-refractivity contribution in [2.45, 2.75) is 18.1 Å². The van der Waals surface area contributed by atoms with Crippen LogP contribution in [0.4, 0.5) is 4.79 Å². The lowest BCUT2D eigenvalue weighted by Crippen LogP contribution is -2.46. The van der Waals surface area contributed by atoms with Gasteiger partial charge in [-0.3, -0.25) is 5.10 Å². The molecule has 2 amide bonds. The highest BCUT2D eigenvalue weighted by molar-refractivity contribution is 7.99. The molecule has 4 rings (SSSR count). The summed E-state index contributed by atoms with van der Waals surface area (Å²) in [6.07, 6.45) is 0. The lowest BCUT2D eigenvalue weighted by Gasteiger charge is -2.29. The van der Waals surface area contributed by atoms with Crippen LogP contribution >= 0.6 is 11.8 Å². The standard InChI is InChI=1S/C24H25N5O5S/c1-4-34-22(30)19-18(25-23(31)26-20(19)14-5-9-16(32-2)10-6-14)13-35-24-27-21(28-29-24)15-7-11-17(33-3)12-8-15/h5-12,20H,4,13H2,1-3H3,(H2,25,26,31)(H,27,28,29). The molecule has 1 aliphatic heterocycles. The van der Waals surface area contributed by atoms with Crippen molar-refractivity contribution in [3.05, 3.63) is 65.4 Å². The molecule has 1 atom stereocenters. The molecule has 10 nitrogen and oxygen atoms in total. The Morgan fingerprint density at radius 3 is 2.31 bits per heavy atom. The number of nitrogens with zero attached hydrogens (tertiary/aromatic N) is 2. The van der Waals surface area contributed by atoms with E-state index in [0.29, 0.717) is 28.0 Å². The molecule has 0 radical (unpaired) electrons. The van der Waals surface area contributed by atoms with Gasteiger partial charge in [-0.15, -0.1) is 5.10 Å². The minimum absolute atomic E-state index is 0.207. The summed E-state index contributed by atoms with van der Waals surface area (Å²) in [5, 5.41) is 13.2. The van der Waals surface area contributed by atoms with Crippen LogP contribution < -0.4 is 20.1 Å². The summed E-state index contributed by atoms with van der Waals surface area (Å²) in [6, 6.07) is 13.5. The molecular weight excluding hydrogens is 470 g/mol. The number of aromatic amines is 1. The molecule has 0 fully saturated rings. The Morgan fingerprint density at radius 2 is 1.69 bits per heavy atom. The van der Waals surface area contributed by atoms with E-state index in [0.717, 1.165) is 16.9 Å². The van der Waals surface area contributed by atoms with Gasteiger partial charge >= 0.3 is 12.0 Å². The first-order valence-corrected chi connectivity index (χ1v) is 11.8. The lowest BCUT2D eigenvalue weighted by molar-refractivity contribution is -0.139. The number of hydrogen-bond donors (Lipinski definition) is 3.